The molecule has 0 fully saturated rings. The molecule has 3 rings (SSSR count). The molecule has 2 aromatic carbocycles. The third kappa shape index (κ3) is 2.74. The molecular weight excluding hydrogens is 296 g/mol. The van der Waals surface area contributed by atoms with Gasteiger partial charge in [-0.2, -0.15) is 0 Å². The van der Waals surface area contributed by atoms with Gasteiger partial charge in [-0.3, -0.25) is 4.72 Å². The predicted octanol–water partition coefficient (Wildman–Crippen LogP) is 4.00. The van der Waals surface area contributed by atoms with E-state index in [0.29, 0.717) is 11.4 Å². The first-order valence-electron chi connectivity index (χ1n) is 6.78. The molecule has 5 heteroatoms. The van der Waals surface area contributed by atoms with Crippen molar-refractivity contribution in [2.24, 2.45) is 0 Å². The minimum absolute atomic E-state index is 0.0909. The number of hydrogen-bond donors (Lipinski definition) is 1. The average molecular weight is 310 g/mol. The number of allylic oxidation sites excluding steroid dienone is 1. The zero-order chi connectivity index (χ0) is 15.7. The van der Waals surface area contributed by atoms with Crippen molar-refractivity contribution in [3.8, 4) is 0 Å². The largest absolute Gasteiger partial charge is 0.280 e. The van der Waals surface area contributed by atoms with Gasteiger partial charge in [-0.1, -0.05) is 29.8 Å². The van der Waals surface area contributed by atoms with Gasteiger partial charge in [0.1, 0.15) is 0 Å². The van der Waals surface area contributed by atoms with Crippen molar-refractivity contribution in [1.29, 1.82) is 0 Å². The maximum absolute atomic E-state index is 12.4. The number of nitrogens with zero attached hydrogens (tertiary/aromatic N) is 1. The molecule has 0 amide bonds. The van der Waals surface area contributed by atoms with Crippen LogP contribution in [0.1, 0.15) is 18.1 Å². The summed E-state index contributed by atoms with van der Waals surface area (Å²) in [5.74, 6) is 0. The molecule has 110 valence electrons. The normalized spacial score (nSPS) is 13.2. The Morgan fingerprint density at radius 1 is 1.18 bits per heavy atom. The van der Waals surface area contributed by atoms with Crippen LogP contribution in [0.3, 0.4) is 0 Å². The summed E-state index contributed by atoms with van der Waals surface area (Å²) in [5, 5.41) is 0. The molecule has 2 aromatic rings. The summed E-state index contributed by atoms with van der Waals surface area (Å²) in [6.45, 7) is 9.03. The quantitative estimate of drug-likeness (QED) is 0.871. The fraction of sp³-hybridized carbons (Fsp3) is 0.118. The van der Waals surface area contributed by atoms with Gasteiger partial charge in [-0.05, 0) is 48.7 Å². The lowest BCUT2D eigenvalue weighted by Gasteiger charge is -2.10. The van der Waals surface area contributed by atoms with E-state index >= 15 is 0 Å². The molecule has 1 aliphatic carbocycles. The van der Waals surface area contributed by atoms with Crippen LogP contribution in [-0.4, -0.2) is 8.42 Å². The molecule has 4 nitrogen and oxygen atoms in total. The lowest BCUT2D eigenvalue weighted by atomic mass is 10.1. The highest BCUT2D eigenvalue weighted by Gasteiger charge is 2.16. The summed E-state index contributed by atoms with van der Waals surface area (Å²) in [6, 6.07) is 11.5. The Morgan fingerprint density at radius 3 is 2.77 bits per heavy atom. The summed E-state index contributed by atoms with van der Waals surface area (Å²) in [7, 11) is -3.69. The number of benzene rings is 2. The van der Waals surface area contributed by atoms with Gasteiger partial charge >= 0.3 is 0 Å². The number of nitrogens with one attached hydrogen (secondary N) is 1. The van der Waals surface area contributed by atoms with E-state index < -0.39 is 10.0 Å². The number of fused-ring (bicyclic) bond motifs is 1. The second-order valence-corrected chi connectivity index (χ2v) is 6.98. The fourth-order valence-corrected chi connectivity index (χ4v) is 3.59. The van der Waals surface area contributed by atoms with E-state index in [2.05, 4.69) is 22.6 Å². The second-order valence-electron chi connectivity index (χ2n) is 5.30. The van der Waals surface area contributed by atoms with E-state index in [4.69, 9.17) is 6.57 Å². The molecule has 0 bridgehead atoms. The highest BCUT2D eigenvalue weighted by atomic mass is 32.2. The van der Waals surface area contributed by atoms with Gasteiger partial charge in [0.05, 0.1) is 11.5 Å². The third-order valence-corrected chi connectivity index (χ3v) is 4.91. The minimum Gasteiger partial charge on any atom is -0.280 e. The first-order valence-corrected chi connectivity index (χ1v) is 8.27. The predicted molar refractivity (Wildman–Crippen MR) is 87.3 cm³/mol. The van der Waals surface area contributed by atoms with Crippen molar-refractivity contribution >= 4 is 27.5 Å². The molecule has 22 heavy (non-hydrogen) atoms. The van der Waals surface area contributed by atoms with Gasteiger partial charge in [0.15, 0.2) is 5.69 Å². The van der Waals surface area contributed by atoms with Gasteiger partial charge in [0.2, 0.25) is 0 Å². The maximum Gasteiger partial charge on any atom is 0.260 e. The van der Waals surface area contributed by atoms with Gasteiger partial charge in [0, 0.05) is 5.69 Å². The van der Waals surface area contributed by atoms with E-state index in [1.165, 1.54) is 23.3 Å². The lowest BCUT2D eigenvalue weighted by Crippen LogP contribution is -2.12. The maximum atomic E-state index is 12.4. The molecule has 0 aromatic heterocycles. The van der Waals surface area contributed by atoms with E-state index in [1.54, 1.807) is 18.2 Å². The van der Waals surface area contributed by atoms with Gasteiger partial charge < -0.3 is 0 Å². The Bertz CT molecular complexity index is 922. The third-order valence-electron chi connectivity index (χ3n) is 3.53. The van der Waals surface area contributed by atoms with Crippen molar-refractivity contribution in [1.82, 2.24) is 0 Å². The number of sulfonamides is 1. The Hall–Kier alpha value is -2.58. The highest BCUT2D eigenvalue weighted by Crippen LogP contribution is 2.28. The molecule has 0 aliphatic heterocycles. The summed E-state index contributed by atoms with van der Waals surface area (Å²) in [5.41, 5.74) is 4.34. The molecular formula is C17H14N2O2S. The Kier molecular flexibility index (Phi) is 3.47. The average Bonchev–Trinajstić information content (AvgIpc) is 2.86. The molecule has 0 unspecified atom stereocenters. The molecule has 0 spiro atoms. The molecule has 1 N–H and O–H groups in total. The molecule has 0 saturated carbocycles. The Balaban J connectivity index is 1.92. The van der Waals surface area contributed by atoms with Gasteiger partial charge in [-0.15, -0.1) is 0 Å². The van der Waals surface area contributed by atoms with Crippen LogP contribution < -0.4 is 4.72 Å². The van der Waals surface area contributed by atoms with Crippen molar-refractivity contribution in [3.05, 3.63) is 70.6 Å². The lowest BCUT2D eigenvalue weighted by molar-refractivity contribution is 0.601. The zero-order valence-electron chi connectivity index (χ0n) is 12.0. The van der Waals surface area contributed by atoms with E-state index in [0.717, 1.165) is 12.0 Å². The van der Waals surface area contributed by atoms with Crippen molar-refractivity contribution in [2.75, 3.05) is 4.72 Å². The SMILES string of the molecule is [C-]#[N+]c1cccc(S(=O)(=O)Nc2ccc3c(c2)C=C(C)C3)c1. The molecule has 0 heterocycles. The van der Waals surface area contributed by atoms with Crippen molar-refractivity contribution in [2.45, 2.75) is 18.2 Å². The van der Waals surface area contributed by atoms with Crippen LogP contribution in [0.5, 0.6) is 0 Å². The summed E-state index contributed by atoms with van der Waals surface area (Å²) < 4.78 is 27.4. The van der Waals surface area contributed by atoms with E-state index in [9.17, 15) is 8.42 Å². The van der Waals surface area contributed by atoms with Gasteiger partial charge in [0.25, 0.3) is 10.0 Å². The molecule has 0 radical (unpaired) electrons. The monoisotopic (exact) mass is 310 g/mol. The van der Waals surface area contributed by atoms with Crippen LogP contribution in [-0.2, 0) is 16.4 Å². The van der Waals surface area contributed by atoms with Crippen LogP contribution in [0.25, 0.3) is 10.9 Å². The van der Waals surface area contributed by atoms with Crippen LogP contribution in [0.4, 0.5) is 11.4 Å². The topological polar surface area (TPSA) is 50.5 Å². The molecule has 0 saturated heterocycles. The Labute approximate surface area is 130 Å². The summed E-state index contributed by atoms with van der Waals surface area (Å²) in [6.07, 6.45) is 2.97. The zero-order valence-corrected chi connectivity index (χ0v) is 12.8. The fourth-order valence-electron chi connectivity index (χ4n) is 2.50. The molecule has 0 atom stereocenters. The van der Waals surface area contributed by atoms with Crippen LogP contribution in [0.2, 0.25) is 0 Å². The first kappa shape index (κ1) is 14.4. The van der Waals surface area contributed by atoms with Crippen LogP contribution in [0, 0.1) is 6.57 Å². The Morgan fingerprint density at radius 2 is 2.00 bits per heavy atom. The van der Waals surface area contributed by atoms with Crippen molar-refractivity contribution in [3.63, 3.8) is 0 Å². The molecule has 1 aliphatic rings. The van der Waals surface area contributed by atoms with Crippen LogP contribution >= 0.6 is 0 Å². The highest BCUT2D eigenvalue weighted by molar-refractivity contribution is 7.92. The number of hydrogen-bond acceptors (Lipinski definition) is 2. The number of rotatable bonds is 3. The second kappa shape index (κ2) is 5.32. The van der Waals surface area contributed by atoms with Gasteiger partial charge in [-0.25, -0.2) is 13.3 Å². The standard InChI is InChI=1S/C17H14N2O2S/c1-12-8-13-6-7-16(10-14(13)9-12)19-22(20,21)17-5-3-4-15(11-17)18-2/h3-7,9-11,19H,8H2,1H3. The van der Waals surface area contributed by atoms with Crippen LogP contribution in [0.15, 0.2) is 52.9 Å². The number of anilines is 1. The first-order chi connectivity index (χ1) is 10.5. The van der Waals surface area contributed by atoms with E-state index in [1.807, 2.05) is 12.1 Å². The summed E-state index contributed by atoms with van der Waals surface area (Å²) >= 11 is 0. The summed E-state index contributed by atoms with van der Waals surface area (Å²) in [4.78, 5) is 3.35. The van der Waals surface area contributed by atoms with E-state index in [-0.39, 0.29) is 4.90 Å². The minimum atomic E-state index is -3.69. The smallest absolute Gasteiger partial charge is 0.260 e. The van der Waals surface area contributed by atoms with Crippen molar-refractivity contribution < 1.29 is 8.42 Å².